The van der Waals surface area contributed by atoms with Gasteiger partial charge in [-0.15, -0.1) is 5.10 Å². The van der Waals surface area contributed by atoms with Gasteiger partial charge in [0.15, 0.2) is 11.6 Å². The highest BCUT2D eigenvalue weighted by molar-refractivity contribution is 5.95. The van der Waals surface area contributed by atoms with Crippen LogP contribution >= 0.6 is 0 Å². The Labute approximate surface area is 176 Å². The number of amides is 1. The second-order valence-corrected chi connectivity index (χ2v) is 7.46. The summed E-state index contributed by atoms with van der Waals surface area (Å²) in [6, 6.07) is 9.48. The molecule has 1 atom stereocenters. The molecule has 7 nitrogen and oxygen atoms in total. The summed E-state index contributed by atoms with van der Waals surface area (Å²) in [6.45, 7) is 4.59. The van der Waals surface area contributed by atoms with Crippen molar-refractivity contribution in [2.24, 2.45) is 0 Å². The van der Waals surface area contributed by atoms with E-state index >= 15 is 0 Å². The molecule has 0 aliphatic heterocycles. The first-order valence-electron chi connectivity index (χ1n) is 9.29. The lowest BCUT2D eigenvalue weighted by atomic mass is 9.84. The van der Waals surface area contributed by atoms with E-state index in [2.05, 4.69) is 20.4 Å². The highest BCUT2D eigenvalue weighted by atomic mass is 19.4. The van der Waals surface area contributed by atoms with E-state index in [-0.39, 0.29) is 17.0 Å². The van der Waals surface area contributed by atoms with Crippen molar-refractivity contribution in [1.82, 2.24) is 25.1 Å². The molecule has 10 heteroatoms. The van der Waals surface area contributed by atoms with E-state index in [0.29, 0.717) is 5.82 Å². The summed E-state index contributed by atoms with van der Waals surface area (Å²) >= 11 is 0. The molecule has 2 heterocycles. The summed E-state index contributed by atoms with van der Waals surface area (Å²) in [4.78, 5) is 21.0. The van der Waals surface area contributed by atoms with Crippen LogP contribution in [0.15, 0.2) is 48.9 Å². The molecule has 1 aromatic carbocycles. The fourth-order valence-electron chi connectivity index (χ4n) is 2.77. The summed E-state index contributed by atoms with van der Waals surface area (Å²) < 4.78 is 41.5. The maximum atomic E-state index is 13.4. The van der Waals surface area contributed by atoms with Crippen LogP contribution in [-0.4, -0.2) is 25.7 Å². The zero-order valence-electron chi connectivity index (χ0n) is 17.0. The number of hydrogen-bond acceptors (Lipinski definition) is 5. The molecule has 31 heavy (non-hydrogen) atoms. The zero-order chi connectivity index (χ0) is 22.8. The van der Waals surface area contributed by atoms with Gasteiger partial charge in [0.25, 0.3) is 5.91 Å². The second-order valence-electron chi connectivity index (χ2n) is 7.46. The predicted octanol–water partition coefficient (Wildman–Crippen LogP) is 3.97. The van der Waals surface area contributed by atoms with Crippen LogP contribution in [-0.2, 0) is 11.6 Å². The van der Waals surface area contributed by atoms with Crippen LogP contribution in [0.5, 0.6) is 0 Å². The van der Waals surface area contributed by atoms with Crippen LogP contribution < -0.4 is 5.32 Å². The van der Waals surface area contributed by atoms with E-state index in [4.69, 9.17) is 0 Å². The molecule has 1 amide bonds. The van der Waals surface area contributed by atoms with E-state index in [1.54, 1.807) is 31.3 Å². The van der Waals surface area contributed by atoms with Gasteiger partial charge in [0, 0.05) is 11.8 Å². The standard InChI is InChI=1S/C21H19F3N6O/c1-13(18-27-12-30(29-18)17-6-4-5-7-26-17)28-19(31)14-8-15(20(2,3)11-25)10-16(9-14)21(22,23)24/h4-10,12-13H,1-3H3,(H,28,31). The normalized spacial score (nSPS) is 12.8. The Morgan fingerprint density at radius 1 is 1.16 bits per heavy atom. The quantitative estimate of drug-likeness (QED) is 0.663. The molecule has 1 N–H and O–H groups in total. The van der Waals surface area contributed by atoms with Gasteiger partial charge in [-0.25, -0.2) is 14.6 Å². The number of nitrogens with zero attached hydrogens (tertiary/aromatic N) is 5. The fraction of sp³-hybridized carbons (Fsp3) is 0.286. The predicted molar refractivity (Wildman–Crippen MR) is 105 cm³/mol. The van der Waals surface area contributed by atoms with Gasteiger partial charge in [-0.1, -0.05) is 6.07 Å². The Hall–Kier alpha value is -3.74. The van der Waals surface area contributed by atoms with E-state index in [9.17, 15) is 23.2 Å². The molecule has 0 bridgehead atoms. The van der Waals surface area contributed by atoms with Gasteiger partial charge < -0.3 is 5.32 Å². The lowest BCUT2D eigenvalue weighted by Gasteiger charge is -2.20. The molecule has 160 valence electrons. The Bertz CT molecular complexity index is 1130. The minimum Gasteiger partial charge on any atom is -0.342 e. The number of carbonyl (C=O) groups is 1. The lowest BCUT2D eigenvalue weighted by Crippen LogP contribution is -2.28. The number of carbonyl (C=O) groups excluding carboxylic acids is 1. The summed E-state index contributed by atoms with van der Waals surface area (Å²) in [7, 11) is 0. The molecule has 0 aliphatic carbocycles. The SMILES string of the molecule is CC(NC(=O)c1cc(C(F)(F)F)cc(C(C)(C)C#N)c1)c1ncn(-c2ccccn2)n1. The number of aromatic nitrogens is 4. The number of hydrogen-bond donors (Lipinski definition) is 1. The third-order valence-corrected chi connectivity index (χ3v) is 4.65. The average Bonchev–Trinajstić information content (AvgIpc) is 3.24. The smallest absolute Gasteiger partial charge is 0.342 e. The van der Waals surface area contributed by atoms with Gasteiger partial charge in [-0.3, -0.25) is 4.79 Å². The second kappa shape index (κ2) is 8.18. The van der Waals surface area contributed by atoms with Crippen molar-refractivity contribution in [3.05, 3.63) is 71.4 Å². The van der Waals surface area contributed by atoms with Gasteiger partial charge in [-0.05, 0) is 56.7 Å². The maximum absolute atomic E-state index is 13.4. The summed E-state index contributed by atoms with van der Waals surface area (Å²) in [6.07, 6.45) is -1.64. The minimum atomic E-state index is -4.66. The monoisotopic (exact) mass is 428 g/mol. The first kappa shape index (κ1) is 22.0. The molecule has 0 saturated heterocycles. The number of pyridine rings is 1. The van der Waals surface area contributed by atoms with Gasteiger partial charge >= 0.3 is 6.18 Å². The van der Waals surface area contributed by atoms with E-state index in [0.717, 1.165) is 12.1 Å². The van der Waals surface area contributed by atoms with Crippen molar-refractivity contribution in [3.63, 3.8) is 0 Å². The topological polar surface area (TPSA) is 96.5 Å². The van der Waals surface area contributed by atoms with Crippen molar-refractivity contribution < 1.29 is 18.0 Å². The molecule has 3 aromatic rings. The van der Waals surface area contributed by atoms with Gasteiger partial charge in [0.2, 0.25) is 0 Å². The summed E-state index contributed by atoms with van der Waals surface area (Å²) in [5.74, 6) is 0.0624. The molecule has 3 rings (SSSR count). The molecule has 0 aliphatic rings. The van der Waals surface area contributed by atoms with E-state index < -0.39 is 29.1 Å². The van der Waals surface area contributed by atoms with Crippen molar-refractivity contribution in [2.45, 2.75) is 38.4 Å². The van der Waals surface area contributed by atoms with Gasteiger partial charge in [0.1, 0.15) is 6.33 Å². The molecule has 0 radical (unpaired) electrons. The number of halogens is 3. The Morgan fingerprint density at radius 2 is 1.87 bits per heavy atom. The number of nitrogens with one attached hydrogen (secondary N) is 1. The first-order chi connectivity index (χ1) is 14.5. The van der Waals surface area contributed by atoms with Crippen molar-refractivity contribution >= 4 is 5.91 Å². The molecule has 2 aromatic heterocycles. The molecule has 0 fully saturated rings. The summed E-state index contributed by atoms with van der Waals surface area (Å²) in [5, 5.41) is 16.2. The third-order valence-electron chi connectivity index (χ3n) is 4.65. The largest absolute Gasteiger partial charge is 0.416 e. The molecular weight excluding hydrogens is 409 g/mol. The third kappa shape index (κ3) is 4.88. The number of nitriles is 1. The molecule has 0 saturated carbocycles. The van der Waals surface area contributed by atoms with Gasteiger partial charge in [0.05, 0.1) is 23.1 Å². The van der Waals surface area contributed by atoms with E-state index in [1.165, 1.54) is 30.9 Å². The van der Waals surface area contributed by atoms with Crippen molar-refractivity contribution in [1.29, 1.82) is 5.26 Å². The minimum absolute atomic E-state index is 0.0974. The summed E-state index contributed by atoms with van der Waals surface area (Å²) in [5.41, 5.74) is -2.31. The average molecular weight is 428 g/mol. The van der Waals surface area contributed by atoms with Crippen LogP contribution in [0.1, 0.15) is 54.1 Å². The van der Waals surface area contributed by atoms with Crippen LogP contribution in [0.2, 0.25) is 0 Å². The Balaban J connectivity index is 1.87. The van der Waals surface area contributed by atoms with Crippen LogP contribution in [0.25, 0.3) is 5.82 Å². The highest BCUT2D eigenvalue weighted by Gasteiger charge is 2.34. The lowest BCUT2D eigenvalue weighted by molar-refractivity contribution is -0.137. The number of benzene rings is 1. The van der Waals surface area contributed by atoms with Crippen molar-refractivity contribution in [2.75, 3.05) is 0 Å². The van der Waals surface area contributed by atoms with E-state index in [1.807, 2.05) is 6.07 Å². The Kier molecular flexibility index (Phi) is 5.79. The van der Waals surface area contributed by atoms with Crippen molar-refractivity contribution in [3.8, 4) is 11.9 Å². The maximum Gasteiger partial charge on any atom is 0.416 e. The molecule has 0 spiro atoms. The molecular formula is C21H19F3N6O. The highest BCUT2D eigenvalue weighted by Crippen LogP contribution is 2.34. The number of alkyl halides is 3. The van der Waals surface area contributed by atoms with Crippen LogP contribution in [0, 0.1) is 11.3 Å². The van der Waals surface area contributed by atoms with Crippen LogP contribution in [0.4, 0.5) is 13.2 Å². The van der Waals surface area contributed by atoms with Crippen LogP contribution in [0.3, 0.4) is 0 Å². The zero-order valence-corrected chi connectivity index (χ0v) is 17.0. The number of rotatable bonds is 5. The molecule has 1 unspecified atom stereocenters. The van der Waals surface area contributed by atoms with Gasteiger partial charge in [-0.2, -0.15) is 18.4 Å². The Morgan fingerprint density at radius 3 is 2.48 bits per heavy atom. The fourth-order valence-corrected chi connectivity index (χ4v) is 2.77. The first-order valence-corrected chi connectivity index (χ1v) is 9.29.